The van der Waals surface area contributed by atoms with E-state index in [0.717, 1.165) is 36.9 Å². The topological polar surface area (TPSA) is 35.6 Å². The van der Waals surface area contributed by atoms with E-state index < -0.39 is 0 Å². The minimum atomic E-state index is 0.103. The molecule has 0 saturated carbocycles. The summed E-state index contributed by atoms with van der Waals surface area (Å²) in [6.07, 6.45) is 3.09. The average molecular weight is 289 g/mol. The molecular formula is C17H27N3O. The Balaban J connectivity index is 1.74. The van der Waals surface area contributed by atoms with Crippen molar-refractivity contribution in [3.63, 3.8) is 0 Å². The molecule has 1 heterocycles. The molecule has 1 aromatic rings. The van der Waals surface area contributed by atoms with Gasteiger partial charge in [0.2, 0.25) is 5.91 Å². The van der Waals surface area contributed by atoms with Crippen molar-refractivity contribution in [1.82, 2.24) is 4.90 Å². The van der Waals surface area contributed by atoms with Crippen LogP contribution in [0.25, 0.3) is 0 Å². The fraction of sp³-hybridized carbons (Fsp3) is 0.588. The zero-order valence-electron chi connectivity index (χ0n) is 13.4. The number of hydrogen-bond donors (Lipinski definition) is 1. The Hall–Kier alpha value is -1.55. The van der Waals surface area contributed by atoms with Gasteiger partial charge in [-0.05, 0) is 56.1 Å². The van der Waals surface area contributed by atoms with Gasteiger partial charge < -0.3 is 15.1 Å². The number of carbonyl (C=O) groups excluding carboxylic acids is 1. The maximum absolute atomic E-state index is 12.0. The molecule has 1 aliphatic heterocycles. The van der Waals surface area contributed by atoms with Crippen LogP contribution in [-0.4, -0.2) is 44.5 Å². The molecule has 0 bridgehead atoms. The Morgan fingerprint density at radius 1 is 1.24 bits per heavy atom. The number of nitrogens with zero attached hydrogens (tertiary/aromatic N) is 2. The van der Waals surface area contributed by atoms with Crippen LogP contribution in [0.4, 0.5) is 11.4 Å². The number of benzene rings is 1. The Labute approximate surface area is 128 Å². The number of anilines is 2. The van der Waals surface area contributed by atoms with Crippen molar-refractivity contribution in [2.45, 2.75) is 26.2 Å². The SMILES string of the molecule is CC1CCN(CCC(=O)Nc2ccc(N(C)C)cc2)CC1. The van der Waals surface area contributed by atoms with Crippen LogP contribution >= 0.6 is 0 Å². The third-order valence-electron chi connectivity index (χ3n) is 4.20. The Morgan fingerprint density at radius 2 is 1.86 bits per heavy atom. The number of amides is 1. The lowest BCUT2D eigenvalue weighted by atomic mass is 9.99. The second-order valence-corrected chi connectivity index (χ2v) is 6.26. The second-order valence-electron chi connectivity index (χ2n) is 6.26. The largest absolute Gasteiger partial charge is 0.378 e. The Kier molecular flexibility index (Phi) is 5.62. The molecule has 2 rings (SSSR count). The van der Waals surface area contributed by atoms with Gasteiger partial charge in [-0.25, -0.2) is 0 Å². The van der Waals surface area contributed by atoms with Gasteiger partial charge in [-0.2, -0.15) is 0 Å². The minimum absolute atomic E-state index is 0.103. The lowest BCUT2D eigenvalue weighted by molar-refractivity contribution is -0.116. The molecular weight excluding hydrogens is 262 g/mol. The highest BCUT2D eigenvalue weighted by Crippen LogP contribution is 2.17. The molecule has 0 radical (unpaired) electrons. The van der Waals surface area contributed by atoms with Crippen LogP contribution < -0.4 is 10.2 Å². The van der Waals surface area contributed by atoms with E-state index in [1.54, 1.807) is 0 Å². The van der Waals surface area contributed by atoms with Crippen LogP contribution in [0.2, 0.25) is 0 Å². The van der Waals surface area contributed by atoms with E-state index >= 15 is 0 Å². The zero-order chi connectivity index (χ0) is 15.2. The summed E-state index contributed by atoms with van der Waals surface area (Å²) < 4.78 is 0. The van der Waals surface area contributed by atoms with Gasteiger partial charge in [0.25, 0.3) is 0 Å². The summed E-state index contributed by atoms with van der Waals surface area (Å²) in [5, 5.41) is 2.97. The van der Waals surface area contributed by atoms with Gasteiger partial charge in [0.15, 0.2) is 0 Å². The van der Waals surface area contributed by atoms with Crippen molar-refractivity contribution in [2.24, 2.45) is 5.92 Å². The standard InChI is InChI=1S/C17H27N3O/c1-14-8-11-20(12-9-14)13-10-17(21)18-15-4-6-16(7-5-15)19(2)3/h4-7,14H,8-13H2,1-3H3,(H,18,21). The molecule has 0 aromatic heterocycles. The smallest absolute Gasteiger partial charge is 0.225 e. The number of piperidine rings is 1. The lowest BCUT2D eigenvalue weighted by Gasteiger charge is -2.29. The molecule has 1 fully saturated rings. The van der Waals surface area contributed by atoms with Gasteiger partial charge >= 0.3 is 0 Å². The average Bonchev–Trinajstić information content (AvgIpc) is 2.47. The molecule has 21 heavy (non-hydrogen) atoms. The third-order valence-corrected chi connectivity index (χ3v) is 4.20. The number of hydrogen-bond acceptors (Lipinski definition) is 3. The first-order valence-electron chi connectivity index (χ1n) is 7.84. The molecule has 1 N–H and O–H groups in total. The molecule has 0 aliphatic carbocycles. The molecule has 116 valence electrons. The van der Waals surface area contributed by atoms with Crippen molar-refractivity contribution in [3.05, 3.63) is 24.3 Å². The highest BCUT2D eigenvalue weighted by atomic mass is 16.1. The van der Waals surface area contributed by atoms with E-state index in [-0.39, 0.29) is 5.91 Å². The van der Waals surface area contributed by atoms with Crippen molar-refractivity contribution in [2.75, 3.05) is 43.9 Å². The highest BCUT2D eigenvalue weighted by molar-refractivity contribution is 5.91. The van der Waals surface area contributed by atoms with E-state index in [1.807, 2.05) is 43.3 Å². The molecule has 0 atom stereocenters. The predicted molar refractivity (Wildman–Crippen MR) is 88.9 cm³/mol. The molecule has 4 heteroatoms. The molecule has 0 spiro atoms. The minimum Gasteiger partial charge on any atom is -0.378 e. The summed E-state index contributed by atoms with van der Waals surface area (Å²) in [4.78, 5) is 16.4. The maximum atomic E-state index is 12.0. The van der Waals surface area contributed by atoms with Gasteiger partial charge in [-0.15, -0.1) is 0 Å². The van der Waals surface area contributed by atoms with Gasteiger partial charge in [-0.1, -0.05) is 6.92 Å². The van der Waals surface area contributed by atoms with E-state index in [4.69, 9.17) is 0 Å². The summed E-state index contributed by atoms with van der Waals surface area (Å²) in [6, 6.07) is 7.94. The van der Waals surface area contributed by atoms with Gasteiger partial charge in [0, 0.05) is 38.4 Å². The van der Waals surface area contributed by atoms with Gasteiger partial charge in [-0.3, -0.25) is 4.79 Å². The van der Waals surface area contributed by atoms with Crippen LogP contribution in [0.3, 0.4) is 0 Å². The predicted octanol–water partition coefficient (Wildman–Crippen LogP) is 2.81. The van der Waals surface area contributed by atoms with Gasteiger partial charge in [0.05, 0.1) is 0 Å². The van der Waals surface area contributed by atoms with E-state index in [9.17, 15) is 4.79 Å². The van der Waals surface area contributed by atoms with E-state index in [2.05, 4.69) is 17.1 Å². The van der Waals surface area contributed by atoms with Crippen molar-refractivity contribution >= 4 is 17.3 Å². The fourth-order valence-electron chi connectivity index (χ4n) is 2.61. The summed E-state index contributed by atoms with van der Waals surface area (Å²) in [6.45, 7) is 5.44. The number of rotatable bonds is 5. The van der Waals surface area contributed by atoms with Crippen LogP contribution in [0.1, 0.15) is 26.2 Å². The first-order chi connectivity index (χ1) is 10.0. The van der Waals surface area contributed by atoms with Crippen molar-refractivity contribution < 1.29 is 4.79 Å². The third kappa shape index (κ3) is 5.05. The number of nitrogens with one attached hydrogen (secondary N) is 1. The summed E-state index contributed by atoms with van der Waals surface area (Å²) in [5.41, 5.74) is 2.01. The van der Waals surface area contributed by atoms with E-state index in [0.29, 0.717) is 6.42 Å². The molecule has 0 unspecified atom stereocenters. The molecule has 1 aromatic carbocycles. The summed E-state index contributed by atoms with van der Waals surface area (Å²) >= 11 is 0. The molecule has 1 amide bonds. The first-order valence-corrected chi connectivity index (χ1v) is 7.84. The normalized spacial score (nSPS) is 16.7. The lowest BCUT2D eigenvalue weighted by Crippen LogP contribution is -2.35. The van der Waals surface area contributed by atoms with Crippen LogP contribution in [-0.2, 0) is 4.79 Å². The molecule has 4 nitrogen and oxygen atoms in total. The second kappa shape index (κ2) is 7.46. The number of carbonyl (C=O) groups is 1. The Morgan fingerprint density at radius 3 is 2.43 bits per heavy atom. The summed E-state index contributed by atoms with van der Waals surface area (Å²) in [7, 11) is 4.01. The highest BCUT2D eigenvalue weighted by Gasteiger charge is 2.16. The maximum Gasteiger partial charge on any atom is 0.225 e. The Bertz CT molecular complexity index is 448. The quantitative estimate of drug-likeness (QED) is 0.905. The van der Waals surface area contributed by atoms with Gasteiger partial charge in [0.1, 0.15) is 0 Å². The van der Waals surface area contributed by atoms with Crippen LogP contribution in [0.5, 0.6) is 0 Å². The monoisotopic (exact) mass is 289 g/mol. The molecule has 1 aliphatic rings. The van der Waals surface area contributed by atoms with Crippen LogP contribution in [0, 0.1) is 5.92 Å². The van der Waals surface area contributed by atoms with Crippen LogP contribution in [0.15, 0.2) is 24.3 Å². The number of likely N-dealkylation sites (tertiary alicyclic amines) is 1. The van der Waals surface area contributed by atoms with E-state index in [1.165, 1.54) is 12.8 Å². The van der Waals surface area contributed by atoms with Crippen molar-refractivity contribution in [1.29, 1.82) is 0 Å². The summed E-state index contributed by atoms with van der Waals surface area (Å²) in [5.74, 6) is 0.941. The molecule has 1 saturated heterocycles. The van der Waals surface area contributed by atoms with Crippen molar-refractivity contribution in [3.8, 4) is 0 Å². The zero-order valence-corrected chi connectivity index (χ0v) is 13.4. The fourth-order valence-corrected chi connectivity index (χ4v) is 2.61. The first kappa shape index (κ1) is 15.8.